The molecule has 1 unspecified atom stereocenters. The predicted molar refractivity (Wildman–Crippen MR) is 73.0 cm³/mol. The molecule has 19 heavy (non-hydrogen) atoms. The molecule has 0 spiro atoms. The zero-order valence-electron chi connectivity index (χ0n) is 11.8. The number of morpholine rings is 1. The van der Waals surface area contributed by atoms with Crippen molar-refractivity contribution >= 4 is 0 Å². The summed E-state index contributed by atoms with van der Waals surface area (Å²) in [5.74, 6) is -0.0717. The second-order valence-corrected chi connectivity index (χ2v) is 5.02. The first kappa shape index (κ1) is 14.3. The summed E-state index contributed by atoms with van der Waals surface area (Å²) in [6.45, 7) is 5.83. The van der Waals surface area contributed by atoms with Gasteiger partial charge in [0.1, 0.15) is 0 Å². The number of halogens is 1. The molecule has 0 amide bonds. The molecule has 1 aliphatic rings. The van der Waals surface area contributed by atoms with Gasteiger partial charge < -0.3 is 14.8 Å². The summed E-state index contributed by atoms with van der Waals surface area (Å²) < 4.78 is 24.9. The Balaban J connectivity index is 2.19. The molecule has 4 heteroatoms. The van der Waals surface area contributed by atoms with Gasteiger partial charge in [0.2, 0.25) is 0 Å². The average molecular weight is 267 g/mol. The summed E-state index contributed by atoms with van der Waals surface area (Å²) in [4.78, 5) is 0. The Morgan fingerprint density at radius 1 is 1.42 bits per heavy atom. The predicted octanol–water partition coefficient (Wildman–Crippen LogP) is 3.05. The molecule has 1 aromatic rings. The summed E-state index contributed by atoms with van der Waals surface area (Å²) in [6.07, 6.45) is 1.80. The van der Waals surface area contributed by atoms with Gasteiger partial charge in [-0.1, -0.05) is 19.9 Å². The fourth-order valence-corrected chi connectivity index (χ4v) is 2.55. The third-order valence-electron chi connectivity index (χ3n) is 4.01. The Hall–Kier alpha value is -1.13. The highest BCUT2D eigenvalue weighted by Crippen LogP contribution is 2.33. The van der Waals surface area contributed by atoms with Gasteiger partial charge in [-0.25, -0.2) is 4.39 Å². The molecule has 0 radical (unpaired) electrons. The van der Waals surface area contributed by atoms with E-state index in [9.17, 15) is 4.39 Å². The van der Waals surface area contributed by atoms with E-state index in [-0.39, 0.29) is 23.3 Å². The smallest absolute Gasteiger partial charge is 0.165 e. The van der Waals surface area contributed by atoms with Crippen molar-refractivity contribution in [3.8, 4) is 5.75 Å². The fraction of sp³-hybridized carbons (Fsp3) is 0.600. The van der Waals surface area contributed by atoms with E-state index in [4.69, 9.17) is 9.47 Å². The van der Waals surface area contributed by atoms with E-state index in [0.717, 1.165) is 24.9 Å². The topological polar surface area (TPSA) is 30.5 Å². The molecule has 1 aromatic carbocycles. The molecule has 0 saturated carbocycles. The quantitative estimate of drug-likeness (QED) is 0.909. The van der Waals surface area contributed by atoms with Crippen LogP contribution < -0.4 is 10.1 Å². The molecule has 106 valence electrons. The van der Waals surface area contributed by atoms with E-state index in [1.54, 1.807) is 6.07 Å². The zero-order valence-corrected chi connectivity index (χ0v) is 11.8. The van der Waals surface area contributed by atoms with Crippen molar-refractivity contribution in [1.29, 1.82) is 0 Å². The molecule has 1 aliphatic heterocycles. The van der Waals surface area contributed by atoms with Gasteiger partial charge in [0.15, 0.2) is 11.6 Å². The van der Waals surface area contributed by atoms with Gasteiger partial charge in [0, 0.05) is 13.1 Å². The molecule has 1 fully saturated rings. The maximum Gasteiger partial charge on any atom is 0.165 e. The molecule has 2 rings (SSSR count). The Morgan fingerprint density at radius 3 is 2.74 bits per heavy atom. The maximum atomic E-state index is 13.8. The maximum absolute atomic E-state index is 13.8. The van der Waals surface area contributed by atoms with Gasteiger partial charge in [0.05, 0.1) is 18.8 Å². The third-order valence-corrected chi connectivity index (χ3v) is 4.01. The van der Waals surface area contributed by atoms with E-state index < -0.39 is 0 Å². The number of hydrogen-bond donors (Lipinski definition) is 1. The van der Waals surface area contributed by atoms with Crippen molar-refractivity contribution in [3.63, 3.8) is 0 Å². The van der Waals surface area contributed by atoms with Crippen LogP contribution >= 0.6 is 0 Å². The van der Waals surface area contributed by atoms with Crippen molar-refractivity contribution in [2.75, 3.05) is 20.2 Å². The van der Waals surface area contributed by atoms with Gasteiger partial charge in [0.25, 0.3) is 0 Å². The molecule has 1 atom stereocenters. The Labute approximate surface area is 114 Å². The van der Waals surface area contributed by atoms with E-state index in [1.165, 1.54) is 13.2 Å². The molecule has 0 aromatic heterocycles. The van der Waals surface area contributed by atoms with Crippen molar-refractivity contribution < 1.29 is 13.9 Å². The van der Waals surface area contributed by atoms with Crippen molar-refractivity contribution in [2.24, 2.45) is 0 Å². The first-order valence-corrected chi connectivity index (χ1v) is 6.86. The SMILES string of the molecule is CCC1(CC)CNCC(c2ccc(OC)c(F)c2)O1. The monoisotopic (exact) mass is 267 g/mol. The summed E-state index contributed by atoms with van der Waals surface area (Å²) in [5.41, 5.74) is 0.719. The minimum atomic E-state index is -0.340. The zero-order chi connectivity index (χ0) is 13.9. The van der Waals surface area contributed by atoms with Crippen LogP contribution in [0.1, 0.15) is 38.4 Å². The molecular weight excluding hydrogens is 245 g/mol. The van der Waals surface area contributed by atoms with E-state index in [2.05, 4.69) is 19.2 Å². The highest BCUT2D eigenvalue weighted by atomic mass is 19.1. The van der Waals surface area contributed by atoms with Crippen LogP contribution in [0.15, 0.2) is 18.2 Å². The standard InChI is InChI=1S/C15H22FNO2/c1-4-15(5-2)10-17-9-14(19-15)11-6-7-13(18-3)12(16)8-11/h6-8,14,17H,4-5,9-10H2,1-3H3. The van der Waals surface area contributed by atoms with Gasteiger partial charge in [-0.2, -0.15) is 0 Å². The average Bonchev–Trinajstić information content (AvgIpc) is 2.47. The second kappa shape index (κ2) is 5.88. The van der Waals surface area contributed by atoms with Gasteiger partial charge in [-0.3, -0.25) is 0 Å². The van der Waals surface area contributed by atoms with Crippen molar-refractivity contribution in [1.82, 2.24) is 5.32 Å². The third kappa shape index (κ3) is 2.90. The van der Waals surface area contributed by atoms with E-state index >= 15 is 0 Å². The normalized spacial score (nSPS) is 22.2. The Kier molecular flexibility index (Phi) is 4.42. The van der Waals surface area contributed by atoms with Crippen LogP contribution in [0.5, 0.6) is 5.75 Å². The van der Waals surface area contributed by atoms with Crippen molar-refractivity contribution in [3.05, 3.63) is 29.6 Å². The molecule has 3 nitrogen and oxygen atoms in total. The van der Waals surface area contributed by atoms with Gasteiger partial charge >= 0.3 is 0 Å². The van der Waals surface area contributed by atoms with Crippen LogP contribution in [-0.4, -0.2) is 25.8 Å². The molecule has 0 aliphatic carbocycles. The molecule has 1 N–H and O–H groups in total. The lowest BCUT2D eigenvalue weighted by Gasteiger charge is -2.41. The molecule has 0 bridgehead atoms. The Bertz CT molecular complexity index is 432. The van der Waals surface area contributed by atoms with E-state index in [0.29, 0.717) is 6.54 Å². The number of methoxy groups -OCH3 is 1. The number of ether oxygens (including phenoxy) is 2. The number of nitrogens with one attached hydrogen (secondary N) is 1. The number of benzene rings is 1. The highest BCUT2D eigenvalue weighted by molar-refractivity contribution is 5.31. The summed E-state index contributed by atoms with van der Waals surface area (Å²) in [6, 6.07) is 5.03. The lowest BCUT2D eigenvalue weighted by molar-refractivity contribution is -0.122. The van der Waals surface area contributed by atoms with E-state index in [1.807, 2.05) is 6.07 Å². The largest absolute Gasteiger partial charge is 0.494 e. The lowest BCUT2D eigenvalue weighted by atomic mass is 9.93. The fourth-order valence-electron chi connectivity index (χ4n) is 2.55. The lowest BCUT2D eigenvalue weighted by Crippen LogP contribution is -2.50. The Morgan fingerprint density at radius 2 is 2.16 bits per heavy atom. The van der Waals surface area contributed by atoms with Crippen LogP contribution in [0.2, 0.25) is 0 Å². The van der Waals surface area contributed by atoms with Crippen LogP contribution in [-0.2, 0) is 4.74 Å². The van der Waals surface area contributed by atoms with Crippen LogP contribution in [0.4, 0.5) is 4.39 Å². The van der Waals surface area contributed by atoms with Crippen LogP contribution in [0, 0.1) is 5.82 Å². The first-order valence-electron chi connectivity index (χ1n) is 6.86. The first-order chi connectivity index (χ1) is 9.14. The molecular formula is C15H22FNO2. The summed E-state index contributed by atoms with van der Waals surface area (Å²) in [7, 11) is 1.47. The van der Waals surface area contributed by atoms with Crippen LogP contribution in [0.3, 0.4) is 0 Å². The highest BCUT2D eigenvalue weighted by Gasteiger charge is 2.34. The second-order valence-electron chi connectivity index (χ2n) is 5.02. The number of rotatable bonds is 4. The van der Waals surface area contributed by atoms with Crippen molar-refractivity contribution in [2.45, 2.75) is 38.4 Å². The van der Waals surface area contributed by atoms with Crippen LogP contribution in [0.25, 0.3) is 0 Å². The number of hydrogen-bond acceptors (Lipinski definition) is 3. The molecule has 1 heterocycles. The van der Waals surface area contributed by atoms with Gasteiger partial charge in [-0.05, 0) is 30.5 Å². The summed E-state index contributed by atoms with van der Waals surface area (Å²) in [5, 5.41) is 3.40. The molecule has 1 saturated heterocycles. The summed E-state index contributed by atoms with van der Waals surface area (Å²) >= 11 is 0. The minimum absolute atomic E-state index is 0.103. The van der Waals surface area contributed by atoms with Gasteiger partial charge in [-0.15, -0.1) is 0 Å². The minimum Gasteiger partial charge on any atom is -0.494 e.